The maximum Gasteiger partial charge on any atom is 0.228 e. The lowest BCUT2D eigenvalue weighted by Gasteiger charge is -2.21. The van der Waals surface area contributed by atoms with Gasteiger partial charge in [0.15, 0.2) is 0 Å². The average molecular weight is 438 g/mol. The number of nitrogens with one attached hydrogen (secondary N) is 1. The van der Waals surface area contributed by atoms with Crippen molar-refractivity contribution in [2.75, 3.05) is 5.32 Å². The molecule has 160 valence electrons. The van der Waals surface area contributed by atoms with Crippen LogP contribution in [0.4, 0.5) is 10.2 Å². The third kappa shape index (κ3) is 4.03. The first-order valence-corrected chi connectivity index (χ1v) is 11.3. The monoisotopic (exact) mass is 437 g/mol. The van der Waals surface area contributed by atoms with Crippen LogP contribution in [-0.4, -0.2) is 15.9 Å². The van der Waals surface area contributed by atoms with E-state index in [1.165, 1.54) is 17.8 Å². The first-order valence-electron chi connectivity index (χ1n) is 10.9. The van der Waals surface area contributed by atoms with Crippen LogP contribution in [0.5, 0.6) is 0 Å². The van der Waals surface area contributed by atoms with Gasteiger partial charge < -0.3 is 5.32 Å². The number of hydrogen-bond acceptors (Lipinski definition) is 3. The first kappa shape index (κ1) is 20.4. The van der Waals surface area contributed by atoms with Crippen molar-refractivity contribution in [3.63, 3.8) is 0 Å². The number of anilines is 1. The molecule has 2 saturated carbocycles. The van der Waals surface area contributed by atoms with Gasteiger partial charge in [-0.05, 0) is 91.3 Å². The van der Waals surface area contributed by atoms with Crippen molar-refractivity contribution < 1.29 is 9.18 Å². The smallest absolute Gasteiger partial charge is 0.228 e. The van der Waals surface area contributed by atoms with Crippen LogP contribution in [0.25, 0.3) is 10.9 Å². The molecular formula is C25H25ClFN3O. The number of amides is 1. The van der Waals surface area contributed by atoms with Crippen LogP contribution in [0.3, 0.4) is 0 Å². The Morgan fingerprint density at radius 2 is 1.87 bits per heavy atom. The highest BCUT2D eigenvalue weighted by Crippen LogP contribution is 2.54. The molecule has 4 nitrogen and oxygen atoms in total. The molecule has 1 amide bonds. The topological polar surface area (TPSA) is 54.9 Å². The van der Waals surface area contributed by atoms with Gasteiger partial charge in [-0.2, -0.15) is 0 Å². The molecule has 2 aliphatic rings. The molecule has 0 bridgehead atoms. The summed E-state index contributed by atoms with van der Waals surface area (Å²) in [7, 11) is 0. The Bertz CT molecular complexity index is 1110. The third-order valence-corrected chi connectivity index (χ3v) is 7.55. The minimum atomic E-state index is -0.213. The zero-order valence-corrected chi connectivity index (χ0v) is 18.1. The highest BCUT2D eigenvalue weighted by Gasteiger charge is 2.44. The Morgan fingerprint density at radius 3 is 2.58 bits per heavy atom. The SMILES string of the molecule is C[C@H](C(=O)Nc1ccc(Cl)cn1)C1CC2CC(c3ccnc4ccc(F)cc34)C[C@H]2C1. The molecule has 3 unspecified atom stereocenters. The van der Waals surface area contributed by atoms with Gasteiger partial charge in [0.1, 0.15) is 11.6 Å². The van der Waals surface area contributed by atoms with Crippen LogP contribution in [0.2, 0.25) is 5.02 Å². The summed E-state index contributed by atoms with van der Waals surface area (Å²) in [4.78, 5) is 21.3. The predicted octanol–water partition coefficient (Wildman–Crippen LogP) is 6.22. The summed E-state index contributed by atoms with van der Waals surface area (Å²) >= 11 is 5.87. The molecule has 6 heteroatoms. The largest absolute Gasteiger partial charge is 0.310 e. The molecule has 2 heterocycles. The molecule has 5 atom stereocenters. The maximum atomic E-state index is 13.8. The lowest BCUT2D eigenvalue weighted by molar-refractivity contribution is -0.120. The fourth-order valence-corrected chi connectivity index (χ4v) is 5.84. The van der Waals surface area contributed by atoms with Gasteiger partial charge in [0.05, 0.1) is 10.5 Å². The van der Waals surface area contributed by atoms with Crippen molar-refractivity contribution in [1.29, 1.82) is 0 Å². The number of aromatic nitrogens is 2. The van der Waals surface area contributed by atoms with Gasteiger partial charge in [0.2, 0.25) is 5.91 Å². The van der Waals surface area contributed by atoms with Crippen molar-refractivity contribution >= 4 is 34.2 Å². The van der Waals surface area contributed by atoms with Crippen LogP contribution in [0.1, 0.15) is 44.1 Å². The van der Waals surface area contributed by atoms with Gasteiger partial charge in [-0.25, -0.2) is 9.37 Å². The van der Waals surface area contributed by atoms with Gasteiger partial charge in [-0.3, -0.25) is 9.78 Å². The summed E-state index contributed by atoms with van der Waals surface area (Å²) in [6.07, 6.45) is 7.72. The Balaban J connectivity index is 1.24. The van der Waals surface area contributed by atoms with Gasteiger partial charge in [0, 0.05) is 23.7 Å². The zero-order chi connectivity index (χ0) is 21.5. The van der Waals surface area contributed by atoms with E-state index in [0.717, 1.165) is 36.6 Å². The summed E-state index contributed by atoms with van der Waals surface area (Å²) in [6, 6.07) is 10.4. The normalized spacial score (nSPS) is 26.0. The predicted molar refractivity (Wildman–Crippen MR) is 120 cm³/mol. The summed E-state index contributed by atoms with van der Waals surface area (Å²) in [5.41, 5.74) is 2.07. The number of hydrogen-bond donors (Lipinski definition) is 1. The molecule has 2 aliphatic carbocycles. The van der Waals surface area contributed by atoms with Crippen molar-refractivity contribution in [1.82, 2.24) is 9.97 Å². The number of benzene rings is 1. The highest BCUT2D eigenvalue weighted by molar-refractivity contribution is 6.30. The summed E-state index contributed by atoms with van der Waals surface area (Å²) < 4.78 is 13.8. The van der Waals surface area contributed by atoms with Crippen molar-refractivity contribution in [3.05, 3.63) is 65.2 Å². The molecule has 1 aromatic carbocycles. The van der Waals surface area contributed by atoms with Crippen LogP contribution >= 0.6 is 11.6 Å². The van der Waals surface area contributed by atoms with Crippen LogP contribution in [0, 0.1) is 29.5 Å². The molecule has 0 radical (unpaired) electrons. The van der Waals surface area contributed by atoms with Crippen molar-refractivity contribution in [2.45, 2.75) is 38.5 Å². The number of nitrogens with zero attached hydrogens (tertiary/aromatic N) is 2. The lowest BCUT2D eigenvalue weighted by Crippen LogP contribution is -2.26. The molecule has 0 spiro atoms. The third-order valence-electron chi connectivity index (χ3n) is 7.33. The van der Waals surface area contributed by atoms with Crippen LogP contribution < -0.4 is 5.32 Å². The lowest BCUT2D eigenvalue weighted by atomic mass is 9.86. The van der Waals surface area contributed by atoms with E-state index >= 15 is 0 Å². The van der Waals surface area contributed by atoms with Gasteiger partial charge in [0.25, 0.3) is 0 Å². The molecule has 0 aliphatic heterocycles. The van der Waals surface area contributed by atoms with E-state index in [2.05, 4.69) is 21.4 Å². The number of fused-ring (bicyclic) bond motifs is 2. The number of carbonyl (C=O) groups is 1. The number of carbonyl (C=O) groups excluding carboxylic acids is 1. The first-order chi connectivity index (χ1) is 15.0. The molecule has 31 heavy (non-hydrogen) atoms. The molecule has 1 N–H and O–H groups in total. The Morgan fingerprint density at radius 1 is 1.10 bits per heavy atom. The van der Waals surface area contributed by atoms with E-state index in [1.54, 1.807) is 24.3 Å². The van der Waals surface area contributed by atoms with E-state index in [4.69, 9.17) is 11.6 Å². The van der Waals surface area contributed by atoms with E-state index in [1.807, 2.05) is 13.1 Å². The molecule has 3 aromatic rings. The van der Waals surface area contributed by atoms with E-state index in [9.17, 15) is 9.18 Å². The summed E-state index contributed by atoms with van der Waals surface area (Å²) in [6.45, 7) is 2.02. The minimum Gasteiger partial charge on any atom is -0.310 e. The van der Waals surface area contributed by atoms with Gasteiger partial charge >= 0.3 is 0 Å². The molecule has 0 saturated heterocycles. The van der Waals surface area contributed by atoms with E-state index in [-0.39, 0.29) is 17.6 Å². The number of halogens is 2. The molecule has 2 fully saturated rings. The average Bonchev–Trinajstić information content (AvgIpc) is 3.33. The second-order valence-electron chi connectivity index (χ2n) is 9.12. The second kappa shape index (κ2) is 8.19. The van der Waals surface area contributed by atoms with E-state index in [0.29, 0.717) is 34.5 Å². The quantitative estimate of drug-likeness (QED) is 0.527. The van der Waals surface area contributed by atoms with Gasteiger partial charge in [-0.1, -0.05) is 18.5 Å². The minimum absolute atomic E-state index is 0.0203. The van der Waals surface area contributed by atoms with Crippen LogP contribution in [0.15, 0.2) is 48.8 Å². The Hall–Kier alpha value is -2.53. The molecule has 5 rings (SSSR count). The molecule has 2 aromatic heterocycles. The fraction of sp³-hybridized carbons (Fsp3) is 0.400. The summed E-state index contributed by atoms with van der Waals surface area (Å²) in [5.74, 6) is 2.35. The standard InChI is InChI=1S/C25H25ClFN3O/c1-14(25(31)30-24-5-2-19(26)13-29-24)15-8-16-10-18(11-17(16)9-15)21-6-7-28-23-4-3-20(27)12-22(21)23/h2-7,12-18H,8-11H2,1H3,(H,29,30,31)/t14-,15?,16+,17?,18?/m0/s1. The summed E-state index contributed by atoms with van der Waals surface area (Å²) in [5, 5.41) is 4.41. The van der Waals surface area contributed by atoms with Crippen molar-refractivity contribution in [3.8, 4) is 0 Å². The second-order valence-corrected chi connectivity index (χ2v) is 9.56. The maximum absolute atomic E-state index is 13.8. The van der Waals surface area contributed by atoms with Gasteiger partial charge in [-0.15, -0.1) is 0 Å². The van der Waals surface area contributed by atoms with Crippen LogP contribution in [-0.2, 0) is 4.79 Å². The van der Waals surface area contributed by atoms with Crippen molar-refractivity contribution in [2.24, 2.45) is 23.7 Å². The zero-order valence-electron chi connectivity index (χ0n) is 17.4. The fourth-order valence-electron chi connectivity index (χ4n) is 5.73. The number of pyridine rings is 2. The Kier molecular flexibility index (Phi) is 5.39. The highest BCUT2D eigenvalue weighted by atomic mass is 35.5. The Labute approximate surface area is 186 Å². The number of rotatable bonds is 4. The van der Waals surface area contributed by atoms with E-state index < -0.39 is 0 Å². The molecular weight excluding hydrogens is 413 g/mol.